The van der Waals surface area contributed by atoms with E-state index in [1.54, 1.807) is 25.1 Å². The standard InChI is InChI=1S/C19H20F3NO/c1-12(7-8-14-9-10-17(21)18(22)11-14)23-19(24)13(2)15-5-3-4-6-16(15)20/h3-6,9-13H,7-8H2,1-2H3,(H,23,24). The topological polar surface area (TPSA) is 29.1 Å². The molecule has 5 heteroatoms. The zero-order valence-corrected chi connectivity index (χ0v) is 13.7. The van der Waals surface area contributed by atoms with Gasteiger partial charge in [0.2, 0.25) is 5.91 Å². The number of carbonyl (C=O) groups is 1. The summed E-state index contributed by atoms with van der Waals surface area (Å²) < 4.78 is 39.8. The third kappa shape index (κ3) is 4.60. The summed E-state index contributed by atoms with van der Waals surface area (Å²) >= 11 is 0. The van der Waals surface area contributed by atoms with E-state index < -0.39 is 23.4 Å². The molecule has 0 radical (unpaired) electrons. The van der Waals surface area contributed by atoms with Crippen LogP contribution in [0.2, 0.25) is 0 Å². The molecule has 2 aromatic rings. The Kier molecular flexibility index (Phi) is 6.01. The molecule has 0 heterocycles. The molecule has 2 nitrogen and oxygen atoms in total. The van der Waals surface area contributed by atoms with Crippen molar-refractivity contribution in [3.63, 3.8) is 0 Å². The predicted octanol–water partition coefficient (Wildman–Crippen LogP) is 4.34. The highest BCUT2D eigenvalue weighted by Gasteiger charge is 2.19. The molecule has 1 amide bonds. The SMILES string of the molecule is CC(CCc1ccc(F)c(F)c1)NC(=O)C(C)c1ccccc1F. The lowest BCUT2D eigenvalue weighted by molar-refractivity contribution is -0.122. The van der Waals surface area contributed by atoms with E-state index in [-0.39, 0.29) is 11.9 Å². The minimum absolute atomic E-state index is 0.167. The molecule has 0 aliphatic heterocycles. The first-order chi connectivity index (χ1) is 11.4. The Bertz CT molecular complexity index is 718. The summed E-state index contributed by atoms with van der Waals surface area (Å²) in [7, 11) is 0. The van der Waals surface area contributed by atoms with Gasteiger partial charge in [-0.15, -0.1) is 0 Å². The predicted molar refractivity (Wildman–Crippen MR) is 87.1 cm³/mol. The van der Waals surface area contributed by atoms with E-state index in [4.69, 9.17) is 0 Å². The maximum absolute atomic E-state index is 13.7. The van der Waals surface area contributed by atoms with Gasteiger partial charge in [0.25, 0.3) is 0 Å². The fourth-order valence-electron chi connectivity index (χ4n) is 2.49. The van der Waals surface area contributed by atoms with Crippen molar-refractivity contribution in [2.24, 2.45) is 0 Å². The second kappa shape index (κ2) is 7.99. The number of carbonyl (C=O) groups excluding carboxylic acids is 1. The van der Waals surface area contributed by atoms with Crippen LogP contribution in [0.4, 0.5) is 13.2 Å². The van der Waals surface area contributed by atoms with E-state index in [0.717, 1.165) is 12.1 Å². The Balaban J connectivity index is 1.89. The summed E-state index contributed by atoms with van der Waals surface area (Å²) in [5.41, 5.74) is 1.01. The fraction of sp³-hybridized carbons (Fsp3) is 0.316. The van der Waals surface area contributed by atoms with Crippen LogP contribution in [-0.4, -0.2) is 11.9 Å². The molecule has 24 heavy (non-hydrogen) atoms. The lowest BCUT2D eigenvalue weighted by Crippen LogP contribution is -2.36. The van der Waals surface area contributed by atoms with Gasteiger partial charge in [-0.05, 0) is 56.0 Å². The molecule has 2 aromatic carbocycles. The van der Waals surface area contributed by atoms with Crippen LogP contribution in [0.3, 0.4) is 0 Å². The zero-order valence-electron chi connectivity index (χ0n) is 13.7. The molecule has 0 spiro atoms. The first kappa shape index (κ1) is 18.0. The van der Waals surface area contributed by atoms with Crippen LogP contribution in [-0.2, 0) is 11.2 Å². The molecule has 128 valence electrons. The molecule has 0 bridgehead atoms. The van der Waals surface area contributed by atoms with Gasteiger partial charge in [0.15, 0.2) is 11.6 Å². The first-order valence-electron chi connectivity index (χ1n) is 7.87. The van der Waals surface area contributed by atoms with Crippen molar-refractivity contribution in [1.29, 1.82) is 0 Å². The summed E-state index contributed by atoms with van der Waals surface area (Å²) in [6.07, 6.45) is 1.08. The number of hydrogen-bond donors (Lipinski definition) is 1. The second-order valence-corrected chi connectivity index (χ2v) is 5.94. The van der Waals surface area contributed by atoms with Gasteiger partial charge in [-0.1, -0.05) is 24.3 Å². The van der Waals surface area contributed by atoms with Gasteiger partial charge in [-0.2, -0.15) is 0 Å². The Morgan fingerprint density at radius 1 is 1.00 bits per heavy atom. The van der Waals surface area contributed by atoms with E-state index in [1.165, 1.54) is 12.1 Å². The van der Waals surface area contributed by atoms with Crippen molar-refractivity contribution < 1.29 is 18.0 Å². The molecular formula is C19H20F3NO. The quantitative estimate of drug-likeness (QED) is 0.836. The molecular weight excluding hydrogens is 315 g/mol. The van der Waals surface area contributed by atoms with Gasteiger partial charge in [0, 0.05) is 6.04 Å². The number of hydrogen-bond acceptors (Lipinski definition) is 1. The van der Waals surface area contributed by atoms with Gasteiger partial charge in [-0.3, -0.25) is 4.79 Å². The number of aryl methyl sites for hydroxylation is 1. The summed E-state index contributed by atoms with van der Waals surface area (Å²) in [5.74, 6) is -3.03. The minimum Gasteiger partial charge on any atom is -0.353 e. The van der Waals surface area contributed by atoms with E-state index in [9.17, 15) is 18.0 Å². The van der Waals surface area contributed by atoms with Crippen LogP contribution in [0.1, 0.15) is 37.3 Å². The van der Waals surface area contributed by atoms with Crippen molar-refractivity contribution >= 4 is 5.91 Å². The van der Waals surface area contributed by atoms with Crippen LogP contribution >= 0.6 is 0 Å². The van der Waals surface area contributed by atoms with Gasteiger partial charge in [0.1, 0.15) is 5.82 Å². The lowest BCUT2D eigenvalue weighted by atomic mass is 9.99. The highest BCUT2D eigenvalue weighted by molar-refractivity contribution is 5.83. The first-order valence-corrected chi connectivity index (χ1v) is 7.87. The highest BCUT2D eigenvalue weighted by atomic mass is 19.2. The molecule has 0 saturated carbocycles. The summed E-state index contributed by atoms with van der Waals surface area (Å²) in [4.78, 5) is 12.2. The van der Waals surface area contributed by atoms with E-state index in [2.05, 4.69) is 5.32 Å². The molecule has 1 N–H and O–H groups in total. The Morgan fingerprint density at radius 2 is 1.71 bits per heavy atom. The number of nitrogens with one attached hydrogen (secondary N) is 1. The van der Waals surface area contributed by atoms with Crippen molar-refractivity contribution in [3.8, 4) is 0 Å². The number of halogens is 3. The molecule has 0 fully saturated rings. The van der Waals surface area contributed by atoms with Gasteiger partial charge in [0.05, 0.1) is 5.92 Å². The van der Waals surface area contributed by atoms with Gasteiger partial charge < -0.3 is 5.32 Å². The lowest BCUT2D eigenvalue weighted by Gasteiger charge is -2.18. The number of benzene rings is 2. The van der Waals surface area contributed by atoms with Gasteiger partial charge >= 0.3 is 0 Å². The molecule has 2 atom stereocenters. The summed E-state index contributed by atoms with van der Waals surface area (Å²) in [6.45, 7) is 3.47. The number of rotatable bonds is 6. The summed E-state index contributed by atoms with van der Waals surface area (Å²) in [6, 6.07) is 9.79. The normalized spacial score (nSPS) is 13.4. The van der Waals surface area contributed by atoms with Crippen molar-refractivity contribution in [2.75, 3.05) is 0 Å². The fourth-order valence-corrected chi connectivity index (χ4v) is 2.49. The molecule has 0 aliphatic carbocycles. The number of amides is 1. The molecule has 0 saturated heterocycles. The summed E-state index contributed by atoms with van der Waals surface area (Å²) in [5, 5.41) is 2.83. The zero-order chi connectivity index (χ0) is 17.7. The monoisotopic (exact) mass is 335 g/mol. The molecule has 2 unspecified atom stereocenters. The maximum atomic E-state index is 13.7. The molecule has 0 aliphatic rings. The molecule has 2 rings (SSSR count). The van der Waals surface area contributed by atoms with E-state index in [0.29, 0.717) is 24.0 Å². The maximum Gasteiger partial charge on any atom is 0.227 e. The van der Waals surface area contributed by atoms with E-state index in [1.807, 2.05) is 6.92 Å². The van der Waals surface area contributed by atoms with Crippen molar-refractivity contribution in [2.45, 2.75) is 38.6 Å². The van der Waals surface area contributed by atoms with Crippen LogP contribution in [0.25, 0.3) is 0 Å². The Hall–Kier alpha value is -2.30. The second-order valence-electron chi connectivity index (χ2n) is 5.94. The minimum atomic E-state index is -0.877. The van der Waals surface area contributed by atoms with Crippen LogP contribution in [0.5, 0.6) is 0 Å². The highest BCUT2D eigenvalue weighted by Crippen LogP contribution is 2.19. The van der Waals surface area contributed by atoms with E-state index >= 15 is 0 Å². The van der Waals surface area contributed by atoms with Crippen molar-refractivity contribution in [3.05, 3.63) is 71.0 Å². The smallest absolute Gasteiger partial charge is 0.227 e. The van der Waals surface area contributed by atoms with Crippen LogP contribution < -0.4 is 5.32 Å². The molecule has 0 aromatic heterocycles. The van der Waals surface area contributed by atoms with Crippen LogP contribution in [0.15, 0.2) is 42.5 Å². The third-order valence-electron chi connectivity index (χ3n) is 4.00. The Morgan fingerprint density at radius 3 is 2.38 bits per heavy atom. The largest absolute Gasteiger partial charge is 0.353 e. The van der Waals surface area contributed by atoms with Crippen molar-refractivity contribution in [1.82, 2.24) is 5.32 Å². The van der Waals surface area contributed by atoms with Gasteiger partial charge in [-0.25, -0.2) is 13.2 Å². The third-order valence-corrected chi connectivity index (χ3v) is 4.00. The average Bonchev–Trinajstić information content (AvgIpc) is 2.55. The Labute approximate surface area is 139 Å². The average molecular weight is 335 g/mol. The van der Waals surface area contributed by atoms with Crippen LogP contribution in [0, 0.1) is 17.5 Å².